The summed E-state index contributed by atoms with van der Waals surface area (Å²) >= 11 is 1.85. The van der Waals surface area contributed by atoms with E-state index in [0.29, 0.717) is 6.61 Å². The Morgan fingerprint density at radius 2 is 2.28 bits per heavy atom. The van der Waals surface area contributed by atoms with Gasteiger partial charge in [0.25, 0.3) is 0 Å². The van der Waals surface area contributed by atoms with Gasteiger partial charge >= 0.3 is 6.18 Å². The lowest BCUT2D eigenvalue weighted by molar-refractivity contribution is -0.150. The number of hydrogen-bond acceptors (Lipinski definition) is 3. The van der Waals surface area contributed by atoms with Crippen molar-refractivity contribution >= 4 is 11.8 Å². The minimum Gasteiger partial charge on any atom is -0.374 e. The largest absolute Gasteiger partial charge is 0.390 e. The van der Waals surface area contributed by atoms with Gasteiger partial charge in [-0.2, -0.15) is 24.9 Å². The Hall–Kier alpha value is 0.0600. The maximum absolute atomic E-state index is 12.5. The van der Waals surface area contributed by atoms with E-state index in [-0.39, 0.29) is 11.5 Å². The Morgan fingerprint density at radius 1 is 1.50 bits per heavy atom. The fraction of sp³-hybridized carbons (Fsp3) is 1.00. The van der Waals surface area contributed by atoms with Gasteiger partial charge in [-0.1, -0.05) is 0 Å². The lowest BCUT2D eigenvalue weighted by atomic mass is 9.80. The molecule has 3 unspecified atom stereocenters. The number of ether oxygens (including phenoxy) is 1. The molecule has 2 aliphatic rings. The lowest BCUT2D eigenvalue weighted by Gasteiger charge is -2.41. The van der Waals surface area contributed by atoms with Crippen LogP contribution < -0.4 is 5.32 Å². The van der Waals surface area contributed by atoms with Crippen molar-refractivity contribution < 1.29 is 17.9 Å². The van der Waals surface area contributed by atoms with Gasteiger partial charge in [-0.25, -0.2) is 0 Å². The predicted molar refractivity (Wildman–Crippen MR) is 66.9 cm³/mol. The maximum Gasteiger partial charge on any atom is 0.390 e. The fourth-order valence-electron chi connectivity index (χ4n) is 3.03. The highest BCUT2D eigenvalue weighted by atomic mass is 32.2. The first kappa shape index (κ1) is 14.5. The molecule has 2 rings (SSSR count). The van der Waals surface area contributed by atoms with E-state index in [0.717, 1.165) is 30.8 Å². The van der Waals surface area contributed by atoms with E-state index in [4.69, 9.17) is 4.74 Å². The zero-order valence-corrected chi connectivity index (χ0v) is 11.4. The SMILES string of the molecule is CNC(CC(F)(F)F)C1CCOC2(CCSC2)C1. The van der Waals surface area contributed by atoms with Gasteiger partial charge in [-0.3, -0.25) is 0 Å². The summed E-state index contributed by atoms with van der Waals surface area (Å²) in [6, 6.07) is -0.476. The summed E-state index contributed by atoms with van der Waals surface area (Å²) in [6.07, 6.45) is -2.35. The molecule has 2 fully saturated rings. The Balaban J connectivity index is 1.98. The van der Waals surface area contributed by atoms with Gasteiger partial charge in [-0.15, -0.1) is 0 Å². The molecular formula is C12H20F3NOS. The molecule has 0 bridgehead atoms. The molecule has 3 atom stereocenters. The van der Waals surface area contributed by atoms with Gasteiger partial charge in [0.1, 0.15) is 0 Å². The molecule has 2 aliphatic heterocycles. The van der Waals surface area contributed by atoms with Crippen LogP contribution in [0.25, 0.3) is 0 Å². The molecule has 0 aromatic rings. The zero-order valence-electron chi connectivity index (χ0n) is 10.6. The number of alkyl halides is 3. The van der Waals surface area contributed by atoms with Gasteiger partial charge in [-0.05, 0) is 38.0 Å². The van der Waals surface area contributed by atoms with Gasteiger partial charge in [0.05, 0.1) is 12.0 Å². The Labute approximate surface area is 110 Å². The van der Waals surface area contributed by atoms with E-state index in [1.807, 2.05) is 11.8 Å². The average Bonchev–Trinajstić information content (AvgIpc) is 2.73. The second-order valence-electron chi connectivity index (χ2n) is 5.30. The van der Waals surface area contributed by atoms with Crippen LogP contribution >= 0.6 is 11.8 Å². The molecule has 0 saturated carbocycles. The van der Waals surface area contributed by atoms with Crippen LogP contribution in [0.2, 0.25) is 0 Å². The van der Waals surface area contributed by atoms with Crippen LogP contribution in [0.1, 0.15) is 25.7 Å². The van der Waals surface area contributed by atoms with Crippen molar-refractivity contribution in [2.75, 3.05) is 25.2 Å². The third kappa shape index (κ3) is 3.54. The van der Waals surface area contributed by atoms with Crippen molar-refractivity contribution in [3.8, 4) is 0 Å². The summed E-state index contributed by atoms with van der Waals surface area (Å²) in [5, 5.41) is 2.85. The van der Waals surface area contributed by atoms with Crippen molar-refractivity contribution in [2.24, 2.45) is 5.92 Å². The molecule has 0 aliphatic carbocycles. The number of rotatable bonds is 3. The number of hydrogen-bond donors (Lipinski definition) is 1. The maximum atomic E-state index is 12.5. The van der Waals surface area contributed by atoms with Crippen molar-refractivity contribution in [3.05, 3.63) is 0 Å². The van der Waals surface area contributed by atoms with Crippen LogP contribution in [-0.2, 0) is 4.74 Å². The van der Waals surface area contributed by atoms with Crippen molar-refractivity contribution in [2.45, 2.75) is 43.5 Å². The van der Waals surface area contributed by atoms with Crippen molar-refractivity contribution in [1.29, 1.82) is 0 Å². The monoisotopic (exact) mass is 283 g/mol. The minimum absolute atomic E-state index is 0.0732. The number of nitrogens with one attached hydrogen (secondary N) is 1. The second kappa shape index (κ2) is 5.59. The standard InChI is InChI=1S/C12H20F3NOS/c1-16-10(7-12(13,14)15)9-2-4-17-11(6-9)3-5-18-8-11/h9-10,16H,2-8H2,1H3. The smallest absolute Gasteiger partial charge is 0.374 e. The third-order valence-corrected chi connectivity index (χ3v) is 5.21. The van der Waals surface area contributed by atoms with Crippen LogP contribution in [-0.4, -0.2) is 43.0 Å². The molecule has 106 valence electrons. The first-order chi connectivity index (χ1) is 8.44. The summed E-state index contributed by atoms with van der Waals surface area (Å²) in [7, 11) is 1.63. The second-order valence-corrected chi connectivity index (χ2v) is 6.41. The van der Waals surface area contributed by atoms with Crippen LogP contribution in [0, 0.1) is 5.92 Å². The van der Waals surface area contributed by atoms with E-state index >= 15 is 0 Å². The lowest BCUT2D eigenvalue weighted by Crippen LogP contribution is -2.47. The molecule has 1 spiro atoms. The highest BCUT2D eigenvalue weighted by Crippen LogP contribution is 2.42. The highest BCUT2D eigenvalue weighted by molar-refractivity contribution is 7.99. The van der Waals surface area contributed by atoms with Crippen molar-refractivity contribution in [1.82, 2.24) is 5.32 Å². The highest BCUT2D eigenvalue weighted by Gasteiger charge is 2.44. The summed E-state index contributed by atoms with van der Waals surface area (Å²) in [4.78, 5) is 0. The number of halogens is 3. The van der Waals surface area contributed by atoms with E-state index in [2.05, 4.69) is 5.32 Å². The first-order valence-corrected chi connectivity index (χ1v) is 7.55. The van der Waals surface area contributed by atoms with Crippen LogP contribution in [0.15, 0.2) is 0 Å². The molecule has 18 heavy (non-hydrogen) atoms. The fourth-order valence-corrected chi connectivity index (χ4v) is 4.40. The molecule has 2 heterocycles. The summed E-state index contributed by atoms with van der Waals surface area (Å²) in [5.74, 6) is 2.08. The van der Waals surface area contributed by atoms with Gasteiger partial charge in [0, 0.05) is 18.4 Å². The first-order valence-electron chi connectivity index (χ1n) is 6.40. The summed E-state index contributed by atoms with van der Waals surface area (Å²) in [6.45, 7) is 0.598. The molecule has 6 heteroatoms. The van der Waals surface area contributed by atoms with Crippen LogP contribution in [0.4, 0.5) is 13.2 Å². The molecule has 0 amide bonds. The third-order valence-electron chi connectivity index (χ3n) is 3.99. The average molecular weight is 283 g/mol. The molecular weight excluding hydrogens is 263 g/mol. The Bertz CT molecular complexity index is 279. The van der Waals surface area contributed by atoms with E-state index in [1.165, 1.54) is 0 Å². The zero-order chi connectivity index (χ0) is 13.2. The normalized spacial score (nSPS) is 35.0. The Morgan fingerprint density at radius 3 is 2.83 bits per heavy atom. The number of thioether (sulfide) groups is 1. The predicted octanol–water partition coefficient (Wildman–Crippen LogP) is 2.83. The minimum atomic E-state index is -4.09. The van der Waals surface area contributed by atoms with E-state index in [9.17, 15) is 13.2 Å². The molecule has 1 N–H and O–H groups in total. The van der Waals surface area contributed by atoms with E-state index < -0.39 is 18.6 Å². The van der Waals surface area contributed by atoms with Crippen LogP contribution in [0.5, 0.6) is 0 Å². The molecule has 2 nitrogen and oxygen atoms in total. The van der Waals surface area contributed by atoms with Gasteiger partial charge < -0.3 is 10.1 Å². The molecule has 2 saturated heterocycles. The molecule has 0 aromatic heterocycles. The molecule has 0 aromatic carbocycles. The molecule has 0 radical (unpaired) electrons. The Kier molecular flexibility index (Phi) is 4.49. The topological polar surface area (TPSA) is 21.3 Å². The quantitative estimate of drug-likeness (QED) is 0.860. The summed E-state index contributed by atoms with van der Waals surface area (Å²) in [5.41, 5.74) is -0.145. The van der Waals surface area contributed by atoms with Gasteiger partial charge in [0.2, 0.25) is 0 Å². The van der Waals surface area contributed by atoms with E-state index in [1.54, 1.807) is 7.05 Å². The van der Waals surface area contributed by atoms with Gasteiger partial charge in [0.15, 0.2) is 0 Å². The van der Waals surface area contributed by atoms with Crippen LogP contribution in [0.3, 0.4) is 0 Å². The summed E-state index contributed by atoms with van der Waals surface area (Å²) < 4.78 is 43.5. The van der Waals surface area contributed by atoms with Crippen molar-refractivity contribution in [3.63, 3.8) is 0 Å².